The van der Waals surface area contributed by atoms with Gasteiger partial charge in [-0.25, -0.2) is 0 Å². The molecular formula is C16H19NO2. The molecule has 19 heavy (non-hydrogen) atoms. The highest BCUT2D eigenvalue weighted by atomic mass is 16.5. The van der Waals surface area contributed by atoms with Gasteiger partial charge in [0.1, 0.15) is 5.75 Å². The van der Waals surface area contributed by atoms with E-state index >= 15 is 0 Å². The van der Waals surface area contributed by atoms with E-state index in [1.54, 1.807) is 0 Å². The van der Waals surface area contributed by atoms with Crippen LogP contribution in [-0.4, -0.2) is 11.7 Å². The molecule has 0 unspecified atom stereocenters. The summed E-state index contributed by atoms with van der Waals surface area (Å²) in [6.07, 6.45) is 0. The molecule has 0 atom stereocenters. The number of hydrogen-bond acceptors (Lipinski definition) is 3. The van der Waals surface area contributed by atoms with Crippen molar-refractivity contribution < 1.29 is 9.84 Å². The molecule has 0 aliphatic rings. The lowest BCUT2D eigenvalue weighted by Gasteiger charge is -2.12. The van der Waals surface area contributed by atoms with Crippen LogP contribution in [0.25, 0.3) is 0 Å². The van der Waals surface area contributed by atoms with Crippen LogP contribution >= 0.6 is 0 Å². The number of para-hydroxylation sites is 1. The van der Waals surface area contributed by atoms with E-state index < -0.39 is 0 Å². The fraction of sp³-hybridized carbons (Fsp3) is 0.250. The maximum atomic E-state index is 9.11. The van der Waals surface area contributed by atoms with E-state index in [-0.39, 0.29) is 6.61 Å². The first-order chi connectivity index (χ1) is 9.33. The first kappa shape index (κ1) is 13.4. The van der Waals surface area contributed by atoms with E-state index in [1.165, 1.54) is 0 Å². The average molecular weight is 257 g/mol. The number of rotatable bonds is 6. The summed E-state index contributed by atoms with van der Waals surface area (Å²) < 4.78 is 5.59. The van der Waals surface area contributed by atoms with Gasteiger partial charge >= 0.3 is 0 Å². The number of anilines is 1. The second-order valence-corrected chi connectivity index (χ2v) is 4.25. The van der Waals surface area contributed by atoms with E-state index in [0.717, 1.165) is 22.6 Å². The molecule has 0 aliphatic carbocycles. The highest BCUT2D eigenvalue weighted by Crippen LogP contribution is 2.20. The van der Waals surface area contributed by atoms with E-state index in [2.05, 4.69) is 5.32 Å². The molecule has 0 radical (unpaired) electrons. The van der Waals surface area contributed by atoms with Crippen molar-refractivity contribution in [3.8, 4) is 5.75 Å². The maximum absolute atomic E-state index is 9.11. The maximum Gasteiger partial charge on any atom is 0.124 e. The van der Waals surface area contributed by atoms with Crippen molar-refractivity contribution in [1.82, 2.24) is 0 Å². The summed E-state index contributed by atoms with van der Waals surface area (Å²) in [5.74, 6) is 0.913. The highest BCUT2D eigenvalue weighted by Gasteiger charge is 2.02. The second-order valence-electron chi connectivity index (χ2n) is 4.25. The van der Waals surface area contributed by atoms with Crippen LogP contribution in [0.1, 0.15) is 18.1 Å². The van der Waals surface area contributed by atoms with Gasteiger partial charge in [-0.15, -0.1) is 0 Å². The van der Waals surface area contributed by atoms with Crippen LogP contribution in [0.2, 0.25) is 0 Å². The zero-order valence-corrected chi connectivity index (χ0v) is 11.1. The van der Waals surface area contributed by atoms with Crippen LogP contribution in [0.15, 0.2) is 48.5 Å². The van der Waals surface area contributed by atoms with Gasteiger partial charge in [-0.05, 0) is 30.7 Å². The van der Waals surface area contributed by atoms with E-state index in [4.69, 9.17) is 9.84 Å². The molecule has 0 spiro atoms. The Morgan fingerprint density at radius 2 is 1.95 bits per heavy atom. The summed E-state index contributed by atoms with van der Waals surface area (Å²) in [5, 5.41) is 12.5. The first-order valence-corrected chi connectivity index (χ1v) is 6.48. The van der Waals surface area contributed by atoms with Crippen LogP contribution in [0, 0.1) is 0 Å². The van der Waals surface area contributed by atoms with Crippen LogP contribution in [-0.2, 0) is 13.2 Å². The van der Waals surface area contributed by atoms with Crippen LogP contribution < -0.4 is 10.1 Å². The van der Waals surface area contributed by atoms with Crippen molar-refractivity contribution in [2.75, 3.05) is 11.9 Å². The smallest absolute Gasteiger partial charge is 0.124 e. The highest BCUT2D eigenvalue weighted by molar-refractivity contribution is 5.47. The minimum absolute atomic E-state index is 0.0606. The Morgan fingerprint density at radius 3 is 2.74 bits per heavy atom. The van der Waals surface area contributed by atoms with E-state index in [9.17, 15) is 0 Å². The number of ether oxygens (including phenoxy) is 1. The molecule has 0 fully saturated rings. The third-order valence-corrected chi connectivity index (χ3v) is 2.86. The van der Waals surface area contributed by atoms with Gasteiger partial charge in [0.05, 0.1) is 13.2 Å². The molecule has 0 saturated carbocycles. The fourth-order valence-electron chi connectivity index (χ4n) is 1.92. The van der Waals surface area contributed by atoms with Gasteiger partial charge in [0.25, 0.3) is 0 Å². The number of hydrogen-bond donors (Lipinski definition) is 2. The van der Waals surface area contributed by atoms with Gasteiger partial charge in [-0.1, -0.05) is 30.3 Å². The minimum atomic E-state index is 0.0606. The van der Waals surface area contributed by atoms with Crippen molar-refractivity contribution in [1.29, 1.82) is 0 Å². The molecule has 2 aromatic rings. The molecule has 0 bridgehead atoms. The van der Waals surface area contributed by atoms with Crippen molar-refractivity contribution in [3.05, 3.63) is 59.7 Å². The van der Waals surface area contributed by atoms with Gasteiger partial charge in [-0.3, -0.25) is 0 Å². The quantitative estimate of drug-likeness (QED) is 0.835. The summed E-state index contributed by atoms with van der Waals surface area (Å²) in [5.41, 5.74) is 3.03. The molecule has 0 aromatic heterocycles. The molecule has 3 nitrogen and oxygen atoms in total. The molecule has 2 N–H and O–H groups in total. The molecule has 2 rings (SSSR count). The number of nitrogens with one attached hydrogen (secondary N) is 1. The van der Waals surface area contributed by atoms with Gasteiger partial charge in [0.2, 0.25) is 0 Å². The van der Waals surface area contributed by atoms with Crippen LogP contribution in [0.5, 0.6) is 5.75 Å². The molecule has 0 aliphatic heterocycles. The topological polar surface area (TPSA) is 41.5 Å². The zero-order valence-electron chi connectivity index (χ0n) is 11.1. The largest absolute Gasteiger partial charge is 0.494 e. The molecule has 3 heteroatoms. The Labute approximate surface area is 113 Å². The second kappa shape index (κ2) is 6.81. The summed E-state index contributed by atoms with van der Waals surface area (Å²) in [6.45, 7) is 3.40. The van der Waals surface area contributed by atoms with Gasteiger partial charge in [-0.2, -0.15) is 0 Å². The first-order valence-electron chi connectivity index (χ1n) is 6.48. The SMILES string of the molecule is CCOc1ccccc1CNc1cccc(CO)c1. The van der Waals surface area contributed by atoms with Crippen molar-refractivity contribution in [3.63, 3.8) is 0 Å². The fourth-order valence-corrected chi connectivity index (χ4v) is 1.92. The number of aliphatic hydroxyl groups is 1. The predicted molar refractivity (Wildman–Crippen MR) is 77.3 cm³/mol. The lowest BCUT2D eigenvalue weighted by molar-refractivity contribution is 0.282. The third-order valence-electron chi connectivity index (χ3n) is 2.86. The minimum Gasteiger partial charge on any atom is -0.494 e. The van der Waals surface area contributed by atoms with Gasteiger partial charge < -0.3 is 15.2 Å². The summed E-state index contributed by atoms with van der Waals surface area (Å²) in [6, 6.07) is 15.8. The third kappa shape index (κ3) is 3.73. The monoisotopic (exact) mass is 257 g/mol. The van der Waals surface area contributed by atoms with Gasteiger partial charge in [0, 0.05) is 17.8 Å². The summed E-state index contributed by atoms with van der Waals surface area (Å²) >= 11 is 0. The summed E-state index contributed by atoms with van der Waals surface area (Å²) in [7, 11) is 0. The van der Waals surface area contributed by atoms with E-state index in [1.807, 2.05) is 55.5 Å². The van der Waals surface area contributed by atoms with Crippen molar-refractivity contribution in [2.45, 2.75) is 20.1 Å². The number of benzene rings is 2. The van der Waals surface area contributed by atoms with Crippen molar-refractivity contribution >= 4 is 5.69 Å². The lowest BCUT2D eigenvalue weighted by Crippen LogP contribution is -2.03. The Bertz CT molecular complexity index is 526. The molecule has 0 heterocycles. The van der Waals surface area contributed by atoms with E-state index in [0.29, 0.717) is 13.2 Å². The van der Waals surface area contributed by atoms with Crippen LogP contribution in [0.4, 0.5) is 5.69 Å². The number of aliphatic hydroxyl groups excluding tert-OH is 1. The molecule has 100 valence electrons. The molecule has 2 aromatic carbocycles. The normalized spacial score (nSPS) is 10.2. The molecule has 0 amide bonds. The predicted octanol–water partition coefficient (Wildman–Crippen LogP) is 3.19. The molecular weight excluding hydrogens is 238 g/mol. The Hall–Kier alpha value is -2.00. The average Bonchev–Trinajstić information content (AvgIpc) is 2.47. The van der Waals surface area contributed by atoms with Crippen molar-refractivity contribution in [2.24, 2.45) is 0 Å². The standard InChI is InChI=1S/C16H19NO2/c1-2-19-16-9-4-3-7-14(16)11-17-15-8-5-6-13(10-15)12-18/h3-10,17-18H,2,11-12H2,1H3. The molecule has 0 saturated heterocycles. The van der Waals surface area contributed by atoms with Gasteiger partial charge in [0.15, 0.2) is 0 Å². The Morgan fingerprint density at radius 1 is 1.11 bits per heavy atom. The summed E-state index contributed by atoms with van der Waals surface area (Å²) in [4.78, 5) is 0. The zero-order chi connectivity index (χ0) is 13.5. The Balaban J connectivity index is 2.05. The Kier molecular flexibility index (Phi) is 4.81. The van der Waals surface area contributed by atoms with Crippen LogP contribution in [0.3, 0.4) is 0 Å². The lowest BCUT2D eigenvalue weighted by atomic mass is 10.1.